The summed E-state index contributed by atoms with van der Waals surface area (Å²) >= 11 is 0. The third-order valence-electron chi connectivity index (χ3n) is 6.43. The first kappa shape index (κ1) is 19.8. The highest BCUT2D eigenvalue weighted by atomic mass is 16.6. The number of fused-ring (bicyclic) bond motifs is 2. The standard InChI is InChI=1S/C21H38O3/c1-14(2)9-20(7,15(3)4)18(22)24-21-10-16(5)8-17(12-21)11-19(6,23)13-21/h14-17,23H,8-13H2,1-7H3. The fraction of sp³-hybridized carbons (Fsp3) is 0.952. The molecule has 5 unspecified atom stereocenters. The number of aliphatic hydroxyl groups is 1. The average Bonchev–Trinajstić information content (AvgIpc) is 2.33. The molecular weight excluding hydrogens is 300 g/mol. The molecule has 0 aromatic rings. The molecule has 0 aromatic heterocycles. The summed E-state index contributed by atoms with van der Waals surface area (Å²) in [5.41, 5.74) is -1.63. The normalized spacial score (nSPS) is 38.9. The van der Waals surface area contributed by atoms with Gasteiger partial charge in [-0.05, 0) is 69.6 Å². The molecule has 2 bridgehead atoms. The number of rotatable bonds is 5. The highest BCUT2D eigenvalue weighted by molar-refractivity contribution is 5.77. The molecule has 0 aromatic carbocycles. The van der Waals surface area contributed by atoms with Crippen molar-refractivity contribution >= 4 is 5.97 Å². The fourth-order valence-corrected chi connectivity index (χ4v) is 5.50. The summed E-state index contributed by atoms with van der Waals surface area (Å²) in [6.45, 7) is 14.8. The minimum atomic E-state index is -0.713. The molecule has 1 N–H and O–H groups in total. The van der Waals surface area contributed by atoms with Crippen LogP contribution in [0, 0.1) is 29.1 Å². The SMILES string of the molecule is CC(C)CC(C)(C(=O)OC12CC(C)CC(CC(C)(O)C1)C2)C(C)C. The van der Waals surface area contributed by atoms with E-state index in [2.05, 4.69) is 41.5 Å². The lowest BCUT2D eigenvalue weighted by Crippen LogP contribution is -2.55. The van der Waals surface area contributed by atoms with Gasteiger partial charge in [-0.15, -0.1) is 0 Å². The van der Waals surface area contributed by atoms with Crippen molar-refractivity contribution in [2.75, 3.05) is 0 Å². The molecule has 0 spiro atoms. The Hall–Kier alpha value is -0.570. The van der Waals surface area contributed by atoms with E-state index in [0.29, 0.717) is 24.2 Å². The first-order valence-electron chi connectivity index (χ1n) is 9.83. The van der Waals surface area contributed by atoms with E-state index in [1.165, 1.54) is 0 Å². The van der Waals surface area contributed by atoms with Crippen LogP contribution in [0.3, 0.4) is 0 Å². The van der Waals surface area contributed by atoms with Crippen LogP contribution < -0.4 is 0 Å². The lowest BCUT2D eigenvalue weighted by Gasteiger charge is -2.52. The largest absolute Gasteiger partial charge is 0.459 e. The predicted molar refractivity (Wildman–Crippen MR) is 97.6 cm³/mol. The van der Waals surface area contributed by atoms with Crippen LogP contribution in [0.2, 0.25) is 0 Å². The predicted octanol–water partition coefficient (Wildman–Crippen LogP) is 4.96. The van der Waals surface area contributed by atoms with E-state index in [4.69, 9.17) is 4.74 Å². The molecule has 2 fully saturated rings. The maximum atomic E-state index is 13.2. The van der Waals surface area contributed by atoms with Crippen molar-refractivity contribution < 1.29 is 14.6 Å². The molecule has 2 rings (SSSR count). The third-order valence-corrected chi connectivity index (χ3v) is 6.43. The summed E-state index contributed by atoms with van der Waals surface area (Å²) in [5.74, 6) is 1.67. The summed E-state index contributed by atoms with van der Waals surface area (Å²) in [4.78, 5) is 13.2. The lowest BCUT2D eigenvalue weighted by molar-refractivity contribution is -0.202. The van der Waals surface area contributed by atoms with Crippen LogP contribution in [0.5, 0.6) is 0 Å². The van der Waals surface area contributed by atoms with E-state index in [-0.39, 0.29) is 11.9 Å². The van der Waals surface area contributed by atoms with E-state index >= 15 is 0 Å². The van der Waals surface area contributed by atoms with Gasteiger partial charge in [0, 0.05) is 6.42 Å². The van der Waals surface area contributed by atoms with E-state index in [9.17, 15) is 9.90 Å². The summed E-state index contributed by atoms with van der Waals surface area (Å²) < 4.78 is 6.28. The van der Waals surface area contributed by atoms with Crippen molar-refractivity contribution in [1.82, 2.24) is 0 Å². The zero-order valence-electron chi connectivity index (χ0n) is 16.8. The van der Waals surface area contributed by atoms with Gasteiger partial charge in [0.1, 0.15) is 5.60 Å². The highest BCUT2D eigenvalue weighted by Gasteiger charge is 2.53. The van der Waals surface area contributed by atoms with Crippen molar-refractivity contribution in [2.45, 2.75) is 98.2 Å². The van der Waals surface area contributed by atoms with Gasteiger partial charge in [0.2, 0.25) is 0 Å². The van der Waals surface area contributed by atoms with Gasteiger partial charge in [-0.1, -0.05) is 34.6 Å². The second kappa shape index (κ2) is 6.63. The van der Waals surface area contributed by atoms with Crippen molar-refractivity contribution in [3.63, 3.8) is 0 Å². The molecule has 0 heterocycles. The maximum Gasteiger partial charge on any atom is 0.312 e. The van der Waals surface area contributed by atoms with Gasteiger partial charge in [-0.3, -0.25) is 4.79 Å². The Kier molecular flexibility index (Phi) is 5.45. The first-order chi connectivity index (χ1) is 10.9. The van der Waals surface area contributed by atoms with Gasteiger partial charge in [-0.25, -0.2) is 0 Å². The molecule has 0 radical (unpaired) electrons. The number of ether oxygens (including phenoxy) is 1. The summed E-state index contributed by atoms with van der Waals surface area (Å²) in [6, 6.07) is 0. The Morgan fingerprint density at radius 3 is 2.42 bits per heavy atom. The Balaban J connectivity index is 2.24. The Morgan fingerprint density at radius 1 is 1.25 bits per heavy atom. The number of hydrogen-bond acceptors (Lipinski definition) is 3. The Morgan fingerprint density at radius 2 is 1.88 bits per heavy atom. The number of carbonyl (C=O) groups excluding carboxylic acids is 1. The number of carbonyl (C=O) groups is 1. The third kappa shape index (κ3) is 4.15. The molecule has 2 aliphatic carbocycles. The molecule has 140 valence electrons. The van der Waals surface area contributed by atoms with Crippen LogP contribution in [-0.4, -0.2) is 22.3 Å². The van der Waals surface area contributed by atoms with Crippen molar-refractivity contribution in [3.05, 3.63) is 0 Å². The van der Waals surface area contributed by atoms with Gasteiger partial charge in [0.15, 0.2) is 0 Å². The van der Waals surface area contributed by atoms with Gasteiger partial charge in [0.25, 0.3) is 0 Å². The molecular formula is C21H38O3. The molecule has 3 heteroatoms. The summed E-state index contributed by atoms with van der Waals surface area (Å²) in [7, 11) is 0. The van der Waals surface area contributed by atoms with Crippen molar-refractivity contribution in [1.29, 1.82) is 0 Å². The van der Waals surface area contributed by atoms with Crippen LogP contribution in [0.25, 0.3) is 0 Å². The quantitative estimate of drug-likeness (QED) is 0.721. The number of hydrogen-bond donors (Lipinski definition) is 1. The van der Waals surface area contributed by atoms with Crippen LogP contribution >= 0.6 is 0 Å². The first-order valence-corrected chi connectivity index (χ1v) is 9.83. The van der Waals surface area contributed by atoms with Crippen LogP contribution in [0.4, 0.5) is 0 Å². The monoisotopic (exact) mass is 338 g/mol. The van der Waals surface area contributed by atoms with Crippen molar-refractivity contribution in [2.24, 2.45) is 29.1 Å². The zero-order chi connectivity index (χ0) is 18.3. The lowest BCUT2D eigenvalue weighted by atomic mass is 9.61. The second-order valence-corrected chi connectivity index (χ2v) is 10.2. The molecule has 2 aliphatic rings. The molecule has 0 amide bonds. The van der Waals surface area contributed by atoms with E-state index < -0.39 is 16.6 Å². The average molecular weight is 339 g/mol. The summed E-state index contributed by atoms with van der Waals surface area (Å²) in [5, 5.41) is 10.7. The van der Waals surface area contributed by atoms with E-state index in [0.717, 1.165) is 32.1 Å². The van der Waals surface area contributed by atoms with Crippen LogP contribution in [0.15, 0.2) is 0 Å². The van der Waals surface area contributed by atoms with E-state index in [1.54, 1.807) is 0 Å². The maximum absolute atomic E-state index is 13.2. The number of esters is 1. The minimum Gasteiger partial charge on any atom is -0.459 e. The van der Waals surface area contributed by atoms with Gasteiger partial charge >= 0.3 is 5.97 Å². The van der Waals surface area contributed by atoms with Crippen molar-refractivity contribution in [3.8, 4) is 0 Å². The Labute approximate surface area is 148 Å². The molecule has 2 saturated carbocycles. The second-order valence-electron chi connectivity index (χ2n) is 10.2. The van der Waals surface area contributed by atoms with Gasteiger partial charge < -0.3 is 9.84 Å². The van der Waals surface area contributed by atoms with Gasteiger partial charge in [-0.2, -0.15) is 0 Å². The summed E-state index contributed by atoms with van der Waals surface area (Å²) in [6.07, 6.45) is 5.22. The molecule has 3 nitrogen and oxygen atoms in total. The minimum absolute atomic E-state index is 0.0586. The zero-order valence-corrected chi connectivity index (χ0v) is 16.8. The van der Waals surface area contributed by atoms with Crippen LogP contribution in [-0.2, 0) is 9.53 Å². The Bertz CT molecular complexity index is 464. The molecule has 0 aliphatic heterocycles. The molecule has 5 atom stereocenters. The van der Waals surface area contributed by atoms with Crippen LogP contribution in [0.1, 0.15) is 87.0 Å². The topological polar surface area (TPSA) is 46.5 Å². The molecule has 24 heavy (non-hydrogen) atoms. The highest BCUT2D eigenvalue weighted by Crippen LogP contribution is 2.52. The van der Waals surface area contributed by atoms with E-state index in [1.807, 2.05) is 6.92 Å². The fourth-order valence-electron chi connectivity index (χ4n) is 5.50. The molecule has 0 saturated heterocycles. The smallest absolute Gasteiger partial charge is 0.312 e. The van der Waals surface area contributed by atoms with Gasteiger partial charge in [0.05, 0.1) is 11.0 Å².